The number of aromatic nitrogens is 2. The topological polar surface area (TPSA) is 118 Å². The minimum absolute atomic E-state index is 0.0800. The number of aryl methyl sites for hydroxylation is 2. The van der Waals surface area contributed by atoms with Crippen LogP contribution in [0.25, 0.3) is 0 Å². The number of aliphatic hydroxyl groups is 1. The number of hydrazine groups is 2. The maximum absolute atomic E-state index is 10.2. The summed E-state index contributed by atoms with van der Waals surface area (Å²) in [6, 6.07) is 14.5. The summed E-state index contributed by atoms with van der Waals surface area (Å²) in [5, 5.41) is 14.4. The molecule has 184 valence electrons. The Morgan fingerprint density at radius 1 is 1.03 bits per heavy atom. The number of hydrogen-bond donors (Lipinski definition) is 4. The van der Waals surface area contributed by atoms with Crippen LogP contribution in [-0.4, -0.2) is 38.0 Å². The molecular formula is C27H36N7O+. The van der Waals surface area contributed by atoms with Crippen molar-refractivity contribution in [2.24, 2.45) is 11.6 Å². The number of aliphatic hydroxyl groups excluding tert-OH is 1. The van der Waals surface area contributed by atoms with Crippen LogP contribution in [0.3, 0.4) is 0 Å². The van der Waals surface area contributed by atoms with Crippen molar-refractivity contribution in [3.05, 3.63) is 94.1 Å². The molecule has 6 N–H and O–H groups in total. The zero-order valence-corrected chi connectivity index (χ0v) is 20.8. The lowest BCUT2D eigenvalue weighted by Gasteiger charge is -2.43. The summed E-state index contributed by atoms with van der Waals surface area (Å²) in [6.45, 7) is 4.85. The van der Waals surface area contributed by atoms with E-state index in [2.05, 4.69) is 36.0 Å². The Morgan fingerprint density at radius 2 is 1.63 bits per heavy atom. The molecule has 8 heteroatoms. The molecule has 0 bridgehead atoms. The fraction of sp³-hybridized carbons (Fsp3) is 0.370. The predicted molar refractivity (Wildman–Crippen MR) is 136 cm³/mol. The Labute approximate surface area is 207 Å². The molecule has 0 radical (unpaired) electrons. The Balaban J connectivity index is 1.76. The van der Waals surface area contributed by atoms with Gasteiger partial charge in [-0.25, -0.2) is 5.84 Å². The lowest BCUT2D eigenvalue weighted by molar-refractivity contribution is -0.641. The molecule has 1 aliphatic rings. The van der Waals surface area contributed by atoms with Gasteiger partial charge in [0.1, 0.15) is 0 Å². The smallest absolute Gasteiger partial charge is 0.297 e. The van der Waals surface area contributed by atoms with Crippen molar-refractivity contribution in [2.75, 3.05) is 7.05 Å². The molecular weight excluding hydrogens is 438 g/mol. The summed E-state index contributed by atoms with van der Waals surface area (Å²) in [7, 11) is 1.67. The molecule has 1 aliphatic heterocycles. The highest BCUT2D eigenvalue weighted by atomic mass is 16.3. The van der Waals surface area contributed by atoms with Gasteiger partial charge in [-0.2, -0.15) is 10.2 Å². The van der Waals surface area contributed by atoms with Gasteiger partial charge in [-0.15, -0.1) is 0 Å². The molecule has 3 heterocycles. The van der Waals surface area contributed by atoms with Crippen LogP contribution in [0.1, 0.15) is 70.6 Å². The number of nitrogen functional groups attached to an aromatic ring is 1. The van der Waals surface area contributed by atoms with Crippen molar-refractivity contribution in [1.82, 2.24) is 20.0 Å². The van der Waals surface area contributed by atoms with Gasteiger partial charge in [-0.05, 0) is 79.6 Å². The summed E-state index contributed by atoms with van der Waals surface area (Å²) in [5.74, 6) is 6.10. The number of likely N-dealkylation sites (tertiary alicyclic amines) is 1. The number of nitrogens with zero attached hydrogens (tertiary/aromatic N) is 4. The number of amidine groups is 1. The minimum atomic E-state index is -0.0800. The molecule has 1 saturated heterocycles. The largest absolute Gasteiger partial charge is 0.392 e. The van der Waals surface area contributed by atoms with Crippen molar-refractivity contribution >= 4 is 5.84 Å². The van der Waals surface area contributed by atoms with Crippen LogP contribution in [0.5, 0.6) is 0 Å². The molecule has 3 aromatic rings. The fourth-order valence-electron chi connectivity index (χ4n) is 5.10. The van der Waals surface area contributed by atoms with E-state index in [1.165, 1.54) is 16.2 Å². The lowest BCUT2D eigenvalue weighted by Crippen LogP contribution is -2.87. The SMILES string of the molecule is Cc1cccnc1[C@H]1CCC[C@@H](c2ncccc2C)N1Cc1ccc(/C(N)=[NH+]/N(C)N)cc1CO. The quantitative estimate of drug-likeness (QED) is 0.178. The van der Waals surface area contributed by atoms with E-state index in [9.17, 15) is 5.11 Å². The number of piperidine rings is 1. The van der Waals surface area contributed by atoms with E-state index in [0.717, 1.165) is 47.3 Å². The van der Waals surface area contributed by atoms with Crippen molar-refractivity contribution in [2.45, 2.75) is 58.3 Å². The zero-order chi connectivity index (χ0) is 24.9. The Hall–Kier alpha value is -3.33. The number of hydrazone groups is 1. The van der Waals surface area contributed by atoms with Crippen LogP contribution in [0.2, 0.25) is 0 Å². The van der Waals surface area contributed by atoms with E-state index >= 15 is 0 Å². The molecule has 0 spiro atoms. The molecule has 4 rings (SSSR count). The van der Waals surface area contributed by atoms with Gasteiger partial charge < -0.3 is 5.11 Å². The normalized spacial score (nSPS) is 19.1. The molecule has 8 nitrogen and oxygen atoms in total. The van der Waals surface area contributed by atoms with Gasteiger partial charge in [0.05, 0.1) is 42.7 Å². The summed E-state index contributed by atoms with van der Waals surface area (Å²) >= 11 is 0. The van der Waals surface area contributed by atoms with Crippen molar-refractivity contribution in [1.29, 1.82) is 0 Å². The van der Waals surface area contributed by atoms with Crippen LogP contribution in [0.4, 0.5) is 0 Å². The van der Waals surface area contributed by atoms with E-state index in [0.29, 0.717) is 12.4 Å². The van der Waals surface area contributed by atoms with Gasteiger partial charge in [-0.1, -0.05) is 18.2 Å². The summed E-state index contributed by atoms with van der Waals surface area (Å²) < 4.78 is 0. The van der Waals surface area contributed by atoms with Crippen LogP contribution in [0.15, 0.2) is 54.9 Å². The minimum Gasteiger partial charge on any atom is -0.392 e. The standard InChI is InChI=1S/C27H35N7O/c1-18-7-5-13-30-25(18)23-9-4-10-24(26-19(2)8-6-14-31-26)34(23)16-21-12-11-20(15-22(21)17-35)27(28)32-33(3)29/h5-8,11-15,23-24,35H,4,9-10,16-17,29H2,1-3H3,(H2,28,32)/p+1/t23-,24+. The summed E-state index contributed by atoms with van der Waals surface area (Å²) in [6.07, 6.45) is 6.92. The van der Waals surface area contributed by atoms with Crippen LogP contribution in [-0.2, 0) is 13.2 Å². The van der Waals surface area contributed by atoms with Crippen molar-refractivity contribution in [3.63, 3.8) is 0 Å². The van der Waals surface area contributed by atoms with Crippen LogP contribution >= 0.6 is 0 Å². The zero-order valence-electron chi connectivity index (χ0n) is 20.8. The second-order valence-corrected chi connectivity index (χ2v) is 9.32. The maximum Gasteiger partial charge on any atom is 0.297 e. The van der Waals surface area contributed by atoms with E-state index in [1.54, 1.807) is 7.05 Å². The fourth-order valence-corrected chi connectivity index (χ4v) is 5.10. The number of rotatable bonds is 7. The Kier molecular flexibility index (Phi) is 7.75. The number of hydrogen-bond acceptors (Lipinski definition) is 6. The van der Waals surface area contributed by atoms with Gasteiger partial charge in [0, 0.05) is 18.9 Å². The highest BCUT2D eigenvalue weighted by Gasteiger charge is 2.35. The Morgan fingerprint density at radius 3 is 2.14 bits per heavy atom. The molecule has 2 atom stereocenters. The third-order valence-electron chi connectivity index (χ3n) is 6.82. The number of benzene rings is 1. The number of pyridine rings is 2. The van der Waals surface area contributed by atoms with E-state index in [1.807, 2.05) is 42.7 Å². The molecule has 0 aliphatic carbocycles. The summed E-state index contributed by atoms with van der Waals surface area (Å²) in [5.41, 5.74) is 13.4. The lowest BCUT2D eigenvalue weighted by atomic mass is 9.88. The monoisotopic (exact) mass is 474 g/mol. The van der Waals surface area contributed by atoms with E-state index in [-0.39, 0.29) is 18.7 Å². The molecule has 0 saturated carbocycles. The molecule has 0 unspecified atom stereocenters. The van der Waals surface area contributed by atoms with Crippen LogP contribution in [0, 0.1) is 13.8 Å². The average Bonchev–Trinajstić information content (AvgIpc) is 2.85. The van der Waals surface area contributed by atoms with Gasteiger partial charge in [0.2, 0.25) is 0 Å². The van der Waals surface area contributed by atoms with Gasteiger partial charge in [0.25, 0.3) is 5.84 Å². The van der Waals surface area contributed by atoms with Crippen LogP contribution < -0.4 is 16.7 Å². The average molecular weight is 475 g/mol. The molecule has 1 aromatic carbocycles. The Bertz CT molecular complexity index is 1140. The maximum atomic E-state index is 10.2. The van der Waals surface area contributed by atoms with Gasteiger partial charge >= 0.3 is 0 Å². The van der Waals surface area contributed by atoms with Gasteiger partial charge in [0.15, 0.2) is 0 Å². The molecule has 35 heavy (non-hydrogen) atoms. The third kappa shape index (κ3) is 5.51. The van der Waals surface area contributed by atoms with Gasteiger partial charge in [-0.3, -0.25) is 20.6 Å². The number of nitrogens with one attached hydrogen (secondary N) is 1. The first-order chi connectivity index (χ1) is 16.9. The molecule has 1 fully saturated rings. The summed E-state index contributed by atoms with van der Waals surface area (Å²) in [4.78, 5) is 12.1. The second kappa shape index (κ2) is 10.9. The second-order valence-electron chi connectivity index (χ2n) is 9.32. The van der Waals surface area contributed by atoms with Crippen molar-refractivity contribution < 1.29 is 10.2 Å². The molecule has 0 amide bonds. The van der Waals surface area contributed by atoms with Crippen molar-refractivity contribution in [3.8, 4) is 0 Å². The highest BCUT2D eigenvalue weighted by molar-refractivity contribution is 5.93. The first-order valence-electron chi connectivity index (χ1n) is 12.1. The highest BCUT2D eigenvalue weighted by Crippen LogP contribution is 2.43. The first kappa shape index (κ1) is 24.8. The first-order valence-corrected chi connectivity index (χ1v) is 12.1. The van der Waals surface area contributed by atoms with E-state index < -0.39 is 0 Å². The predicted octanol–water partition coefficient (Wildman–Crippen LogP) is 1.56. The number of nitrogens with two attached hydrogens (primary N) is 2. The van der Waals surface area contributed by atoms with E-state index in [4.69, 9.17) is 21.5 Å². The third-order valence-corrected chi connectivity index (χ3v) is 6.82. The molecule has 2 aromatic heterocycles.